The summed E-state index contributed by atoms with van der Waals surface area (Å²) in [4.78, 5) is 12.4. The van der Waals surface area contributed by atoms with Crippen molar-refractivity contribution in [1.29, 1.82) is 0 Å². The summed E-state index contributed by atoms with van der Waals surface area (Å²) in [6.45, 7) is 3.79. The number of aryl methyl sites for hydroxylation is 2. The minimum absolute atomic E-state index is 0.0411. The second-order valence-electron chi connectivity index (χ2n) is 5.40. The Labute approximate surface area is 119 Å². The summed E-state index contributed by atoms with van der Waals surface area (Å²) in [5.41, 5.74) is 2.36. The first kappa shape index (κ1) is 14.4. The number of nitrogens with one attached hydrogen (secondary N) is 1. The smallest absolute Gasteiger partial charge is 0.255 e. The summed E-state index contributed by atoms with van der Waals surface area (Å²) in [5, 5.41) is 7.43. The number of hydrogen-bond acceptors (Lipinski definition) is 2. The van der Waals surface area contributed by atoms with Crippen LogP contribution in [0.2, 0.25) is 0 Å². The van der Waals surface area contributed by atoms with Gasteiger partial charge in [-0.05, 0) is 26.7 Å². The van der Waals surface area contributed by atoms with E-state index in [2.05, 4.69) is 10.4 Å². The summed E-state index contributed by atoms with van der Waals surface area (Å²) in [7, 11) is 1.86. The van der Waals surface area contributed by atoms with Crippen LogP contribution in [0.4, 0.5) is 0 Å². The van der Waals surface area contributed by atoms with Gasteiger partial charge < -0.3 is 5.32 Å². The Kier molecular flexibility index (Phi) is 4.50. The molecule has 1 heterocycles. The predicted molar refractivity (Wildman–Crippen MR) is 76.7 cm³/mol. The minimum atomic E-state index is -0.0411. The number of carbonyl (C=O) groups excluding carboxylic acids is 1. The van der Waals surface area contributed by atoms with Crippen molar-refractivity contribution >= 4 is 17.5 Å². The first-order valence-corrected chi connectivity index (χ1v) is 7.39. The Morgan fingerprint density at radius 3 is 2.63 bits per heavy atom. The molecule has 2 rings (SSSR count). The van der Waals surface area contributed by atoms with Gasteiger partial charge in [0.15, 0.2) is 0 Å². The molecule has 1 aliphatic rings. The molecule has 2 atom stereocenters. The lowest BCUT2D eigenvalue weighted by atomic mass is 10.1. The van der Waals surface area contributed by atoms with E-state index in [0.29, 0.717) is 5.56 Å². The van der Waals surface area contributed by atoms with E-state index in [4.69, 9.17) is 11.6 Å². The van der Waals surface area contributed by atoms with E-state index in [9.17, 15) is 4.79 Å². The maximum atomic E-state index is 12.4. The highest BCUT2D eigenvalue weighted by Crippen LogP contribution is 2.23. The zero-order valence-corrected chi connectivity index (χ0v) is 12.6. The Balaban J connectivity index is 2.11. The molecule has 2 unspecified atom stereocenters. The van der Waals surface area contributed by atoms with Gasteiger partial charge in [-0.3, -0.25) is 9.48 Å². The fourth-order valence-electron chi connectivity index (χ4n) is 2.77. The number of hydrogen-bond donors (Lipinski definition) is 1. The molecule has 19 heavy (non-hydrogen) atoms. The molecule has 0 spiro atoms. The molecular formula is C14H22ClN3O. The van der Waals surface area contributed by atoms with E-state index in [-0.39, 0.29) is 17.3 Å². The summed E-state index contributed by atoms with van der Waals surface area (Å²) < 4.78 is 1.75. The van der Waals surface area contributed by atoms with Crippen LogP contribution in [-0.4, -0.2) is 27.1 Å². The lowest BCUT2D eigenvalue weighted by Crippen LogP contribution is -2.40. The maximum absolute atomic E-state index is 12.4. The number of amides is 1. The van der Waals surface area contributed by atoms with Gasteiger partial charge in [0.25, 0.3) is 5.91 Å². The summed E-state index contributed by atoms with van der Waals surface area (Å²) in [6.07, 6.45) is 5.46. The number of aromatic nitrogens is 2. The van der Waals surface area contributed by atoms with Gasteiger partial charge in [-0.25, -0.2) is 0 Å². The minimum Gasteiger partial charge on any atom is -0.348 e. The van der Waals surface area contributed by atoms with Crippen LogP contribution in [0.5, 0.6) is 0 Å². The fourth-order valence-corrected chi connectivity index (χ4v) is 3.11. The molecule has 0 bridgehead atoms. The van der Waals surface area contributed by atoms with Crippen molar-refractivity contribution < 1.29 is 4.79 Å². The molecule has 0 radical (unpaired) electrons. The van der Waals surface area contributed by atoms with Crippen molar-refractivity contribution in [2.24, 2.45) is 7.05 Å². The normalized spacial score (nSPS) is 24.0. The molecule has 1 fully saturated rings. The molecule has 1 N–H and O–H groups in total. The topological polar surface area (TPSA) is 46.9 Å². The van der Waals surface area contributed by atoms with Crippen LogP contribution in [0.25, 0.3) is 0 Å². The van der Waals surface area contributed by atoms with Crippen LogP contribution in [0.15, 0.2) is 0 Å². The van der Waals surface area contributed by atoms with Crippen molar-refractivity contribution in [1.82, 2.24) is 15.1 Å². The third-order valence-corrected chi connectivity index (χ3v) is 4.51. The van der Waals surface area contributed by atoms with Crippen molar-refractivity contribution in [3.63, 3.8) is 0 Å². The van der Waals surface area contributed by atoms with E-state index in [1.165, 1.54) is 6.42 Å². The van der Waals surface area contributed by atoms with Gasteiger partial charge in [0, 0.05) is 18.8 Å². The standard InChI is InChI=1S/C14H22ClN3O/c1-9-13(10(2)18(3)17-9)14(19)16-12-8-6-4-5-7-11(12)15/h11-12H,4-8H2,1-3H3,(H,16,19). The SMILES string of the molecule is Cc1nn(C)c(C)c1C(=O)NC1CCCCCC1Cl. The molecule has 1 aromatic heterocycles. The van der Waals surface area contributed by atoms with Gasteiger partial charge in [-0.1, -0.05) is 19.3 Å². The quantitative estimate of drug-likeness (QED) is 0.670. The summed E-state index contributed by atoms with van der Waals surface area (Å²) in [6, 6.07) is 0.0793. The molecule has 1 saturated carbocycles. The van der Waals surface area contributed by atoms with Gasteiger partial charge in [-0.15, -0.1) is 11.6 Å². The zero-order valence-electron chi connectivity index (χ0n) is 11.9. The molecule has 0 aromatic carbocycles. The highest BCUT2D eigenvalue weighted by molar-refractivity contribution is 6.21. The van der Waals surface area contributed by atoms with Crippen molar-refractivity contribution in [3.8, 4) is 0 Å². The number of alkyl halides is 1. The Morgan fingerprint density at radius 2 is 2.00 bits per heavy atom. The van der Waals surface area contributed by atoms with Crippen LogP contribution < -0.4 is 5.32 Å². The molecule has 1 aliphatic carbocycles. The molecule has 1 amide bonds. The Hall–Kier alpha value is -1.03. The molecule has 4 nitrogen and oxygen atoms in total. The average molecular weight is 284 g/mol. The average Bonchev–Trinajstić information content (AvgIpc) is 2.51. The molecule has 1 aromatic rings. The van der Waals surface area contributed by atoms with Gasteiger partial charge in [0.1, 0.15) is 0 Å². The van der Waals surface area contributed by atoms with Crippen molar-refractivity contribution in [2.75, 3.05) is 0 Å². The zero-order chi connectivity index (χ0) is 14.0. The highest BCUT2D eigenvalue weighted by atomic mass is 35.5. The van der Waals surface area contributed by atoms with E-state index in [1.807, 2.05) is 20.9 Å². The number of nitrogens with zero attached hydrogens (tertiary/aromatic N) is 2. The Bertz CT molecular complexity index is 470. The second-order valence-corrected chi connectivity index (χ2v) is 5.96. The third kappa shape index (κ3) is 3.11. The maximum Gasteiger partial charge on any atom is 0.255 e. The van der Waals surface area contributed by atoms with E-state index in [1.54, 1.807) is 4.68 Å². The highest BCUT2D eigenvalue weighted by Gasteiger charge is 2.26. The lowest BCUT2D eigenvalue weighted by molar-refractivity contribution is 0.0932. The van der Waals surface area contributed by atoms with Crippen LogP contribution in [0, 0.1) is 13.8 Å². The van der Waals surface area contributed by atoms with E-state index < -0.39 is 0 Å². The third-order valence-electron chi connectivity index (χ3n) is 3.98. The van der Waals surface area contributed by atoms with Crippen LogP contribution in [0.3, 0.4) is 0 Å². The van der Waals surface area contributed by atoms with E-state index >= 15 is 0 Å². The van der Waals surface area contributed by atoms with Crippen LogP contribution in [-0.2, 0) is 7.05 Å². The lowest BCUT2D eigenvalue weighted by Gasteiger charge is -2.21. The number of rotatable bonds is 2. The number of carbonyl (C=O) groups is 1. The van der Waals surface area contributed by atoms with Crippen molar-refractivity contribution in [3.05, 3.63) is 17.0 Å². The second kappa shape index (κ2) is 5.95. The molecule has 106 valence electrons. The van der Waals surface area contributed by atoms with Crippen LogP contribution >= 0.6 is 11.6 Å². The molecule has 0 saturated heterocycles. The largest absolute Gasteiger partial charge is 0.348 e. The van der Waals surface area contributed by atoms with Crippen LogP contribution in [0.1, 0.15) is 53.8 Å². The van der Waals surface area contributed by atoms with Gasteiger partial charge in [-0.2, -0.15) is 5.10 Å². The molecule has 5 heteroatoms. The first-order chi connectivity index (χ1) is 9.00. The number of halogens is 1. The molecular weight excluding hydrogens is 262 g/mol. The van der Waals surface area contributed by atoms with Gasteiger partial charge in [0.05, 0.1) is 16.6 Å². The first-order valence-electron chi connectivity index (χ1n) is 6.96. The summed E-state index contributed by atoms with van der Waals surface area (Å²) in [5.74, 6) is -0.0411. The Morgan fingerprint density at radius 1 is 1.32 bits per heavy atom. The van der Waals surface area contributed by atoms with E-state index in [0.717, 1.165) is 37.1 Å². The summed E-state index contributed by atoms with van der Waals surface area (Å²) >= 11 is 6.37. The van der Waals surface area contributed by atoms with Gasteiger partial charge in [0.2, 0.25) is 0 Å². The monoisotopic (exact) mass is 283 g/mol. The predicted octanol–water partition coefficient (Wildman–Crippen LogP) is 2.71. The van der Waals surface area contributed by atoms with Gasteiger partial charge >= 0.3 is 0 Å². The van der Waals surface area contributed by atoms with Crippen molar-refractivity contribution in [2.45, 2.75) is 57.4 Å². The fraction of sp³-hybridized carbons (Fsp3) is 0.714. The molecule has 0 aliphatic heterocycles.